The summed E-state index contributed by atoms with van der Waals surface area (Å²) in [6.45, 7) is 0.514. The number of halogens is 2. The van der Waals surface area contributed by atoms with Gasteiger partial charge in [-0.05, 0) is 35.9 Å². The lowest BCUT2D eigenvalue weighted by atomic mass is 10.2. The van der Waals surface area contributed by atoms with E-state index in [1.165, 1.54) is 24.4 Å². The van der Waals surface area contributed by atoms with Crippen molar-refractivity contribution in [2.24, 2.45) is 0 Å². The van der Waals surface area contributed by atoms with Crippen molar-refractivity contribution < 1.29 is 8.78 Å². The molecule has 18 heavy (non-hydrogen) atoms. The molecule has 2 nitrogen and oxygen atoms in total. The number of pyridine rings is 1. The lowest BCUT2D eigenvalue weighted by Crippen LogP contribution is -1.99. The molecule has 3 aromatic rings. The Balaban J connectivity index is 2.00. The van der Waals surface area contributed by atoms with Gasteiger partial charge in [-0.3, -0.25) is 4.98 Å². The maximum atomic E-state index is 13.1. The molecule has 0 saturated heterocycles. The molecule has 0 bridgehead atoms. The Morgan fingerprint density at radius 1 is 1.00 bits per heavy atom. The average Bonchev–Trinajstić information content (AvgIpc) is 2.72. The summed E-state index contributed by atoms with van der Waals surface area (Å²) >= 11 is 0. The third-order valence-electron chi connectivity index (χ3n) is 2.85. The van der Waals surface area contributed by atoms with Crippen molar-refractivity contribution in [3.63, 3.8) is 0 Å². The Bertz CT molecular complexity index is 704. The first-order valence-electron chi connectivity index (χ1n) is 5.56. The molecule has 0 aliphatic heterocycles. The Hall–Kier alpha value is -2.23. The molecule has 0 fully saturated rings. The number of nitrogens with zero attached hydrogens (tertiary/aromatic N) is 2. The molecule has 4 heteroatoms. The fourth-order valence-electron chi connectivity index (χ4n) is 2.05. The zero-order valence-corrected chi connectivity index (χ0v) is 9.48. The normalized spacial score (nSPS) is 11.0. The molecule has 0 radical (unpaired) electrons. The zero-order chi connectivity index (χ0) is 12.5. The van der Waals surface area contributed by atoms with Gasteiger partial charge in [-0.1, -0.05) is 0 Å². The van der Waals surface area contributed by atoms with Gasteiger partial charge in [0.05, 0.1) is 6.20 Å². The van der Waals surface area contributed by atoms with Gasteiger partial charge in [-0.15, -0.1) is 0 Å². The van der Waals surface area contributed by atoms with E-state index < -0.39 is 0 Å². The highest BCUT2D eigenvalue weighted by Gasteiger charge is 2.03. The van der Waals surface area contributed by atoms with E-state index >= 15 is 0 Å². The SMILES string of the molecule is Fc1cncc(Cn2ccc3cc(F)ccc32)c1. The second kappa shape index (κ2) is 4.22. The molecule has 2 heterocycles. The molecule has 0 saturated carbocycles. The van der Waals surface area contributed by atoms with Crippen LogP contribution in [0, 0.1) is 11.6 Å². The van der Waals surface area contributed by atoms with Gasteiger partial charge >= 0.3 is 0 Å². The third kappa shape index (κ3) is 1.97. The number of aromatic nitrogens is 2. The fraction of sp³-hybridized carbons (Fsp3) is 0.0714. The molecular formula is C14H10F2N2. The van der Waals surface area contributed by atoms with Crippen molar-refractivity contribution >= 4 is 10.9 Å². The van der Waals surface area contributed by atoms with Crippen LogP contribution >= 0.6 is 0 Å². The van der Waals surface area contributed by atoms with Crippen LogP contribution in [0.15, 0.2) is 48.9 Å². The smallest absolute Gasteiger partial charge is 0.141 e. The maximum absolute atomic E-state index is 13.1. The Morgan fingerprint density at radius 3 is 2.72 bits per heavy atom. The van der Waals surface area contributed by atoms with Crippen LogP contribution in [0.2, 0.25) is 0 Å². The van der Waals surface area contributed by atoms with E-state index in [9.17, 15) is 8.78 Å². The van der Waals surface area contributed by atoms with Crippen molar-refractivity contribution in [2.45, 2.75) is 6.54 Å². The summed E-state index contributed by atoms with van der Waals surface area (Å²) in [4.78, 5) is 3.81. The molecule has 0 amide bonds. The number of benzene rings is 1. The highest BCUT2D eigenvalue weighted by Crippen LogP contribution is 2.18. The summed E-state index contributed by atoms with van der Waals surface area (Å²) in [6, 6.07) is 7.91. The van der Waals surface area contributed by atoms with Crippen LogP contribution in [-0.4, -0.2) is 9.55 Å². The van der Waals surface area contributed by atoms with E-state index in [1.807, 2.05) is 16.8 Å². The summed E-state index contributed by atoms with van der Waals surface area (Å²) < 4.78 is 28.0. The van der Waals surface area contributed by atoms with E-state index in [-0.39, 0.29) is 11.6 Å². The van der Waals surface area contributed by atoms with Gasteiger partial charge in [-0.2, -0.15) is 0 Å². The van der Waals surface area contributed by atoms with Crippen molar-refractivity contribution in [3.8, 4) is 0 Å². The number of hydrogen-bond acceptors (Lipinski definition) is 1. The third-order valence-corrected chi connectivity index (χ3v) is 2.85. The molecule has 3 rings (SSSR count). The first-order valence-corrected chi connectivity index (χ1v) is 5.56. The van der Waals surface area contributed by atoms with E-state index in [0.717, 1.165) is 16.5 Å². The highest BCUT2D eigenvalue weighted by molar-refractivity contribution is 5.80. The summed E-state index contributed by atoms with van der Waals surface area (Å²) in [5.74, 6) is -0.609. The van der Waals surface area contributed by atoms with E-state index in [0.29, 0.717) is 6.54 Å². The molecule has 1 aromatic carbocycles. The monoisotopic (exact) mass is 244 g/mol. The van der Waals surface area contributed by atoms with E-state index in [4.69, 9.17) is 0 Å². The van der Waals surface area contributed by atoms with Crippen molar-refractivity contribution in [1.82, 2.24) is 9.55 Å². The minimum Gasteiger partial charge on any atom is -0.343 e. The van der Waals surface area contributed by atoms with Gasteiger partial charge in [0.25, 0.3) is 0 Å². The molecule has 90 valence electrons. The summed E-state index contributed by atoms with van der Waals surface area (Å²) in [7, 11) is 0. The predicted octanol–water partition coefficient (Wildman–Crippen LogP) is 3.36. The van der Waals surface area contributed by atoms with E-state index in [2.05, 4.69) is 4.98 Å². The zero-order valence-electron chi connectivity index (χ0n) is 9.48. The maximum Gasteiger partial charge on any atom is 0.141 e. The second-order valence-corrected chi connectivity index (χ2v) is 4.16. The fourth-order valence-corrected chi connectivity index (χ4v) is 2.05. The lowest BCUT2D eigenvalue weighted by molar-refractivity contribution is 0.616. The molecule has 0 spiro atoms. The first kappa shape index (κ1) is 10.9. The van der Waals surface area contributed by atoms with Crippen LogP contribution in [-0.2, 0) is 6.54 Å². The van der Waals surface area contributed by atoms with Crippen LogP contribution in [0.5, 0.6) is 0 Å². The predicted molar refractivity (Wildman–Crippen MR) is 65.2 cm³/mol. The Kier molecular flexibility index (Phi) is 2.55. The van der Waals surface area contributed by atoms with Gasteiger partial charge in [0.2, 0.25) is 0 Å². The second-order valence-electron chi connectivity index (χ2n) is 4.16. The number of rotatable bonds is 2. The summed E-state index contributed by atoms with van der Waals surface area (Å²) in [5, 5.41) is 0.833. The highest BCUT2D eigenvalue weighted by atomic mass is 19.1. The van der Waals surface area contributed by atoms with Gasteiger partial charge in [0, 0.05) is 29.8 Å². The van der Waals surface area contributed by atoms with Crippen LogP contribution < -0.4 is 0 Å². The van der Waals surface area contributed by atoms with Crippen molar-refractivity contribution in [2.75, 3.05) is 0 Å². The molecule has 0 aliphatic carbocycles. The minimum atomic E-state index is -0.352. The van der Waals surface area contributed by atoms with Crippen LogP contribution in [0.3, 0.4) is 0 Å². The summed E-state index contributed by atoms with van der Waals surface area (Å²) in [5.41, 5.74) is 1.69. The van der Waals surface area contributed by atoms with E-state index in [1.54, 1.807) is 12.3 Å². The Morgan fingerprint density at radius 2 is 1.89 bits per heavy atom. The molecule has 2 aromatic heterocycles. The average molecular weight is 244 g/mol. The van der Waals surface area contributed by atoms with Crippen molar-refractivity contribution in [3.05, 3.63) is 66.1 Å². The lowest BCUT2D eigenvalue weighted by Gasteiger charge is -2.05. The molecule has 0 N–H and O–H groups in total. The quantitative estimate of drug-likeness (QED) is 0.675. The van der Waals surface area contributed by atoms with Gasteiger partial charge in [-0.25, -0.2) is 8.78 Å². The van der Waals surface area contributed by atoms with Gasteiger partial charge < -0.3 is 4.57 Å². The largest absolute Gasteiger partial charge is 0.343 e. The van der Waals surface area contributed by atoms with Crippen molar-refractivity contribution in [1.29, 1.82) is 0 Å². The topological polar surface area (TPSA) is 17.8 Å². The van der Waals surface area contributed by atoms with Gasteiger partial charge in [0.15, 0.2) is 0 Å². The number of hydrogen-bond donors (Lipinski definition) is 0. The number of fused-ring (bicyclic) bond motifs is 1. The molecular weight excluding hydrogens is 234 g/mol. The van der Waals surface area contributed by atoms with Gasteiger partial charge in [0.1, 0.15) is 11.6 Å². The summed E-state index contributed by atoms with van der Waals surface area (Å²) in [6.07, 6.45) is 4.65. The van der Waals surface area contributed by atoms with Crippen LogP contribution in [0.25, 0.3) is 10.9 Å². The van der Waals surface area contributed by atoms with Crippen LogP contribution in [0.1, 0.15) is 5.56 Å². The Labute approximate surface area is 103 Å². The minimum absolute atomic E-state index is 0.257. The first-order chi connectivity index (χ1) is 8.72. The standard InChI is InChI=1S/C14H10F2N2/c15-12-1-2-14-11(6-12)3-4-18(14)9-10-5-13(16)8-17-7-10/h1-8H,9H2. The molecule has 0 atom stereocenters. The molecule has 0 aliphatic rings. The molecule has 0 unspecified atom stereocenters. The van der Waals surface area contributed by atoms with Crippen LogP contribution in [0.4, 0.5) is 8.78 Å².